The molecule has 1 saturated heterocycles. The highest BCUT2D eigenvalue weighted by Crippen LogP contribution is 2.60. The molecule has 0 bridgehead atoms. The molecule has 1 aliphatic heterocycles. The van der Waals surface area contributed by atoms with Crippen molar-refractivity contribution >= 4 is 11.8 Å². The Labute approximate surface area is 145 Å². The van der Waals surface area contributed by atoms with Crippen molar-refractivity contribution in [3.8, 4) is 0 Å². The van der Waals surface area contributed by atoms with E-state index in [2.05, 4.69) is 44.0 Å². The van der Waals surface area contributed by atoms with Gasteiger partial charge in [-0.1, -0.05) is 25.5 Å². The van der Waals surface area contributed by atoms with Crippen LogP contribution in [-0.4, -0.2) is 60.4 Å². The number of nitrogens with one attached hydrogen (secondary N) is 1. The Morgan fingerprint density at radius 1 is 1.12 bits per heavy atom. The molecule has 2 saturated carbocycles. The molecule has 1 heterocycles. The Hall–Kier alpha value is -1.36. The Bertz CT molecular complexity index is 539. The van der Waals surface area contributed by atoms with E-state index in [9.17, 15) is 9.59 Å². The molecule has 3 rings (SSSR count). The molecule has 0 unspecified atom stereocenters. The number of allylic oxidation sites excluding steroid dienone is 2. The lowest BCUT2D eigenvalue weighted by Gasteiger charge is -2.34. The van der Waals surface area contributed by atoms with Crippen LogP contribution >= 0.6 is 0 Å². The monoisotopic (exact) mass is 333 g/mol. The summed E-state index contributed by atoms with van der Waals surface area (Å²) in [6.45, 7) is 12.1. The molecule has 3 aliphatic rings. The van der Waals surface area contributed by atoms with E-state index < -0.39 is 0 Å². The third-order valence-electron chi connectivity index (χ3n) is 5.68. The zero-order chi connectivity index (χ0) is 17.5. The van der Waals surface area contributed by atoms with Gasteiger partial charge in [0.2, 0.25) is 11.8 Å². The molecule has 0 aromatic rings. The van der Waals surface area contributed by atoms with Crippen LogP contribution in [0.1, 0.15) is 40.5 Å². The van der Waals surface area contributed by atoms with Crippen molar-refractivity contribution in [2.75, 3.05) is 32.7 Å². The minimum Gasteiger partial charge on any atom is -0.352 e. The highest BCUT2D eigenvalue weighted by molar-refractivity contribution is 5.84. The Morgan fingerprint density at radius 3 is 2.29 bits per heavy atom. The SMILES string of the molecule is CC(C)=C[C@@H]1[C@H](C(=O)N2CCN(CC(=O)NC3CC3)CC2)C1(C)C. The molecule has 5 nitrogen and oxygen atoms in total. The summed E-state index contributed by atoms with van der Waals surface area (Å²) in [6, 6.07) is 0.421. The number of rotatable bonds is 5. The fourth-order valence-electron chi connectivity index (χ4n) is 3.85. The van der Waals surface area contributed by atoms with Gasteiger partial charge >= 0.3 is 0 Å². The van der Waals surface area contributed by atoms with Gasteiger partial charge in [0.25, 0.3) is 0 Å². The standard InChI is InChI=1S/C19H31N3O2/c1-13(2)11-15-17(19(15,3)4)18(24)22-9-7-21(8-10-22)12-16(23)20-14-5-6-14/h11,14-15,17H,5-10,12H2,1-4H3,(H,20,23)/t15-,17-/m1/s1. The van der Waals surface area contributed by atoms with Crippen LogP contribution in [0.25, 0.3) is 0 Å². The van der Waals surface area contributed by atoms with Gasteiger partial charge in [-0.15, -0.1) is 0 Å². The molecule has 2 atom stereocenters. The van der Waals surface area contributed by atoms with Gasteiger partial charge in [0.15, 0.2) is 0 Å². The number of hydrogen-bond donors (Lipinski definition) is 1. The highest BCUT2D eigenvalue weighted by Gasteiger charge is 2.61. The van der Waals surface area contributed by atoms with Gasteiger partial charge in [-0.25, -0.2) is 0 Å². The molecule has 24 heavy (non-hydrogen) atoms. The maximum absolute atomic E-state index is 12.8. The summed E-state index contributed by atoms with van der Waals surface area (Å²) in [6.07, 6.45) is 4.50. The quantitative estimate of drug-likeness (QED) is 0.779. The van der Waals surface area contributed by atoms with Crippen molar-refractivity contribution in [3.05, 3.63) is 11.6 Å². The molecule has 3 fully saturated rings. The lowest BCUT2D eigenvalue weighted by atomic mass is 10.1. The van der Waals surface area contributed by atoms with Crippen molar-refractivity contribution in [1.29, 1.82) is 0 Å². The molecular weight excluding hydrogens is 302 g/mol. The Kier molecular flexibility index (Phi) is 4.73. The average molecular weight is 333 g/mol. The summed E-state index contributed by atoms with van der Waals surface area (Å²) < 4.78 is 0. The van der Waals surface area contributed by atoms with Crippen LogP contribution in [0.5, 0.6) is 0 Å². The Morgan fingerprint density at radius 2 is 1.75 bits per heavy atom. The third-order valence-corrected chi connectivity index (χ3v) is 5.68. The third kappa shape index (κ3) is 3.82. The van der Waals surface area contributed by atoms with E-state index in [0.717, 1.165) is 39.0 Å². The minimum absolute atomic E-state index is 0.0790. The fourth-order valence-corrected chi connectivity index (χ4v) is 3.85. The number of nitrogens with zero attached hydrogens (tertiary/aromatic N) is 2. The van der Waals surface area contributed by atoms with Crippen LogP contribution in [-0.2, 0) is 9.59 Å². The molecule has 0 spiro atoms. The van der Waals surface area contributed by atoms with Gasteiger partial charge in [0, 0.05) is 32.2 Å². The van der Waals surface area contributed by atoms with Crippen LogP contribution in [0, 0.1) is 17.3 Å². The Balaban J connectivity index is 1.47. The number of carbonyl (C=O) groups excluding carboxylic acids is 2. The summed E-state index contributed by atoms with van der Waals surface area (Å²) in [5.74, 6) is 0.920. The van der Waals surface area contributed by atoms with Crippen LogP contribution in [0.4, 0.5) is 0 Å². The molecule has 1 N–H and O–H groups in total. The summed E-state index contributed by atoms with van der Waals surface area (Å²) in [4.78, 5) is 28.9. The molecular formula is C19H31N3O2. The van der Waals surface area contributed by atoms with Crippen molar-refractivity contribution in [3.63, 3.8) is 0 Å². The van der Waals surface area contributed by atoms with Crippen molar-refractivity contribution in [2.24, 2.45) is 17.3 Å². The predicted molar refractivity (Wildman–Crippen MR) is 94.4 cm³/mol. The van der Waals surface area contributed by atoms with E-state index in [-0.39, 0.29) is 17.2 Å². The van der Waals surface area contributed by atoms with Crippen molar-refractivity contribution in [2.45, 2.75) is 46.6 Å². The number of hydrogen-bond acceptors (Lipinski definition) is 3. The predicted octanol–water partition coefficient (Wildman–Crippen LogP) is 1.65. The average Bonchev–Trinajstić information content (AvgIpc) is 3.38. The van der Waals surface area contributed by atoms with E-state index in [4.69, 9.17) is 0 Å². The molecule has 0 aromatic carbocycles. The maximum atomic E-state index is 12.8. The van der Waals surface area contributed by atoms with Gasteiger partial charge in [-0.3, -0.25) is 14.5 Å². The first-order valence-electron chi connectivity index (χ1n) is 9.24. The lowest BCUT2D eigenvalue weighted by molar-refractivity contribution is -0.135. The molecule has 0 aromatic heterocycles. The van der Waals surface area contributed by atoms with Crippen LogP contribution in [0.2, 0.25) is 0 Å². The zero-order valence-corrected chi connectivity index (χ0v) is 15.5. The summed E-state index contributed by atoms with van der Waals surface area (Å²) in [5, 5.41) is 3.03. The molecule has 0 radical (unpaired) electrons. The van der Waals surface area contributed by atoms with E-state index in [1.165, 1.54) is 5.57 Å². The van der Waals surface area contributed by atoms with Gasteiger partial charge in [0.05, 0.1) is 12.5 Å². The molecule has 134 valence electrons. The second-order valence-corrected chi connectivity index (χ2v) is 8.51. The second-order valence-electron chi connectivity index (χ2n) is 8.51. The molecule has 2 aliphatic carbocycles. The smallest absolute Gasteiger partial charge is 0.234 e. The van der Waals surface area contributed by atoms with E-state index in [1.54, 1.807) is 0 Å². The van der Waals surface area contributed by atoms with Crippen LogP contribution in [0.15, 0.2) is 11.6 Å². The van der Waals surface area contributed by atoms with Gasteiger partial charge in [0.1, 0.15) is 0 Å². The largest absolute Gasteiger partial charge is 0.352 e. The van der Waals surface area contributed by atoms with Crippen LogP contribution in [0.3, 0.4) is 0 Å². The molecule has 2 amide bonds. The highest BCUT2D eigenvalue weighted by atomic mass is 16.2. The zero-order valence-electron chi connectivity index (χ0n) is 15.5. The summed E-state index contributed by atoms with van der Waals surface area (Å²) in [7, 11) is 0. The summed E-state index contributed by atoms with van der Waals surface area (Å²) >= 11 is 0. The first-order chi connectivity index (χ1) is 11.3. The van der Waals surface area contributed by atoms with E-state index in [1.807, 2.05) is 4.90 Å². The number of piperazine rings is 1. The number of carbonyl (C=O) groups is 2. The first kappa shape index (κ1) is 17.5. The number of amides is 2. The second kappa shape index (κ2) is 6.51. The minimum atomic E-state index is 0.0790. The van der Waals surface area contributed by atoms with Gasteiger partial charge in [-0.05, 0) is 38.0 Å². The first-order valence-corrected chi connectivity index (χ1v) is 9.24. The lowest BCUT2D eigenvalue weighted by Crippen LogP contribution is -2.51. The topological polar surface area (TPSA) is 52.7 Å². The fraction of sp³-hybridized carbons (Fsp3) is 0.789. The van der Waals surface area contributed by atoms with Gasteiger partial charge in [-0.2, -0.15) is 0 Å². The van der Waals surface area contributed by atoms with Crippen LogP contribution < -0.4 is 5.32 Å². The van der Waals surface area contributed by atoms with E-state index >= 15 is 0 Å². The van der Waals surface area contributed by atoms with Crippen molar-refractivity contribution < 1.29 is 9.59 Å². The summed E-state index contributed by atoms with van der Waals surface area (Å²) in [5.41, 5.74) is 1.37. The normalized spacial score (nSPS) is 29.1. The van der Waals surface area contributed by atoms with E-state index in [0.29, 0.717) is 24.4 Å². The van der Waals surface area contributed by atoms with Gasteiger partial charge < -0.3 is 10.2 Å². The molecule has 5 heteroatoms. The maximum Gasteiger partial charge on any atom is 0.234 e. The van der Waals surface area contributed by atoms with Crippen molar-refractivity contribution in [1.82, 2.24) is 15.1 Å².